The molecule has 3 amide bonds. The molecule has 6 aromatic rings. The summed E-state index contributed by atoms with van der Waals surface area (Å²) in [6.07, 6.45) is -1.17. The van der Waals surface area contributed by atoms with E-state index in [0.29, 0.717) is 28.1 Å². The molecule has 0 fully saturated rings. The molecule has 0 radical (unpaired) electrons. The van der Waals surface area contributed by atoms with Crippen LogP contribution in [0.3, 0.4) is 0 Å². The molecule has 0 saturated carbocycles. The van der Waals surface area contributed by atoms with Gasteiger partial charge in [0.15, 0.2) is 0 Å². The molecule has 0 spiro atoms. The maximum atomic E-state index is 12.9. The lowest BCUT2D eigenvalue weighted by molar-refractivity contribution is -0.138. The number of carbonyl (C=O) groups is 4. The van der Waals surface area contributed by atoms with Crippen molar-refractivity contribution in [2.75, 3.05) is 13.6 Å². The van der Waals surface area contributed by atoms with Crippen molar-refractivity contribution in [2.24, 2.45) is 0 Å². The third-order valence-electron chi connectivity index (χ3n) is 9.27. The first-order valence-electron chi connectivity index (χ1n) is 18.8. The second kappa shape index (κ2) is 19.5. The second-order valence-corrected chi connectivity index (χ2v) is 14.4. The topological polar surface area (TPSA) is 142 Å². The summed E-state index contributed by atoms with van der Waals surface area (Å²) in [6.45, 7) is 6.81. The molecule has 0 unspecified atom stereocenters. The molecule has 0 atom stereocenters. The summed E-state index contributed by atoms with van der Waals surface area (Å²) in [7, 11) is 1.08. The first-order valence-corrected chi connectivity index (χ1v) is 18.8. The number of carboxylic acid groups (broad SMARTS) is 1. The van der Waals surface area contributed by atoms with Crippen LogP contribution in [0.1, 0.15) is 75.1 Å². The number of rotatable bonds is 11. The summed E-state index contributed by atoms with van der Waals surface area (Å²) in [5.41, 5.74) is 8.99. The quantitative estimate of drug-likeness (QED) is 0.119. The molecule has 0 aliphatic heterocycles. The van der Waals surface area contributed by atoms with E-state index in [1.807, 2.05) is 100 Å². The van der Waals surface area contributed by atoms with Crippen molar-refractivity contribution in [1.29, 1.82) is 0 Å². The number of amides is 3. The van der Waals surface area contributed by atoms with Gasteiger partial charge in [0, 0.05) is 60.6 Å². The molecule has 10 nitrogen and oxygen atoms in total. The van der Waals surface area contributed by atoms with Crippen LogP contribution < -0.4 is 10.6 Å². The molecule has 2 aromatic heterocycles. The van der Waals surface area contributed by atoms with Crippen LogP contribution in [-0.2, 0) is 13.1 Å². The number of benzene rings is 4. The van der Waals surface area contributed by atoms with Gasteiger partial charge in [-0.2, -0.15) is 13.2 Å². The normalized spacial score (nSPS) is 10.9. The van der Waals surface area contributed by atoms with Gasteiger partial charge in [-0.15, -0.1) is 0 Å². The molecule has 2 heterocycles. The van der Waals surface area contributed by atoms with Gasteiger partial charge < -0.3 is 20.6 Å². The minimum absolute atomic E-state index is 0.00183. The molecule has 13 heteroatoms. The summed E-state index contributed by atoms with van der Waals surface area (Å²) >= 11 is 0. The molecule has 0 aliphatic rings. The summed E-state index contributed by atoms with van der Waals surface area (Å²) in [4.78, 5) is 58.6. The molecular weight excluding hydrogens is 772 g/mol. The number of carboxylic acids is 1. The fourth-order valence-corrected chi connectivity index (χ4v) is 5.93. The van der Waals surface area contributed by atoms with Gasteiger partial charge in [0.05, 0.1) is 5.56 Å². The standard InChI is InChI=1S/C25H24F3N3O2.C22H20N2O3/c1-16-4-8-19(9-5-16)20-10-21(23(32)30-14-18-7-6-17(2)29-13-18)12-22(11-20)24(33)31(3)15-25(26,27)28;1-14-3-7-17(8-4-14)18-9-19(11-20(10-18)22(26)27)21(25)24-13-16-6-5-15(2)23-12-16/h4-13H,14-15H2,1-3H3,(H,30,32);3-12H,13H2,1-2H3,(H,24,25)(H,26,27). The van der Waals surface area contributed by atoms with Gasteiger partial charge in [-0.05, 0) is 110 Å². The Labute approximate surface area is 346 Å². The highest BCUT2D eigenvalue weighted by Crippen LogP contribution is 2.26. The van der Waals surface area contributed by atoms with Gasteiger partial charge in [0.25, 0.3) is 17.7 Å². The van der Waals surface area contributed by atoms with E-state index in [0.717, 1.165) is 51.8 Å². The Morgan fingerprint density at radius 1 is 0.567 bits per heavy atom. The Morgan fingerprint density at radius 2 is 0.967 bits per heavy atom. The third kappa shape index (κ3) is 12.7. The van der Waals surface area contributed by atoms with Gasteiger partial charge in [-0.25, -0.2) is 4.79 Å². The largest absolute Gasteiger partial charge is 0.478 e. The Morgan fingerprint density at radius 3 is 1.35 bits per heavy atom. The number of nitrogens with one attached hydrogen (secondary N) is 2. The summed E-state index contributed by atoms with van der Waals surface area (Å²) in [6, 6.07) is 31.7. The van der Waals surface area contributed by atoms with Crippen molar-refractivity contribution in [1.82, 2.24) is 25.5 Å². The van der Waals surface area contributed by atoms with E-state index in [1.54, 1.807) is 30.6 Å². The zero-order valence-electron chi connectivity index (χ0n) is 33.7. The number of halogens is 3. The van der Waals surface area contributed by atoms with E-state index < -0.39 is 30.5 Å². The van der Waals surface area contributed by atoms with E-state index in [4.69, 9.17) is 0 Å². The Kier molecular flexibility index (Phi) is 14.3. The van der Waals surface area contributed by atoms with Crippen LogP contribution in [0, 0.1) is 27.7 Å². The highest BCUT2D eigenvalue weighted by Gasteiger charge is 2.32. The van der Waals surface area contributed by atoms with E-state index in [9.17, 15) is 37.5 Å². The molecule has 0 aliphatic carbocycles. The molecule has 0 saturated heterocycles. The highest BCUT2D eigenvalue weighted by molar-refractivity contribution is 6.02. The minimum atomic E-state index is -4.53. The zero-order chi connectivity index (χ0) is 43.6. The van der Waals surface area contributed by atoms with Crippen molar-refractivity contribution < 1.29 is 37.5 Å². The van der Waals surface area contributed by atoms with Gasteiger partial charge in [0.1, 0.15) is 6.54 Å². The number of aryl methyl sites for hydroxylation is 4. The Hall–Kier alpha value is -7.15. The van der Waals surface area contributed by atoms with Crippen LogP contribution in [0.4, 0.5) is 13.2 Å². The number of alkyl halides is 3. The number of hydrogen-bond donors (Lipinski definition) is 3. The Bertz CT molecular complexity index is 2470. The number of nitrogens with zero attached hydrogens (tertiary/aromatic N) is 3. The lowest BCUT2D eigenvalue weighted by Crippen LogP contribution is -2.36. The average molecular weight is 816 g/mol. The van der Waals surface area contributed by atoms with Crippen molar-refractivity contribution in [3.05, 3.63) is 177 Å². The smallest absolute Gasteiger partial charge is 0.406 e. The summed E-state index contributed by atoms with van der Waals surface area (Å²) in [5.74, 6) is -2.66. The van der Waals surface area contributed by atoms with Crippen molar-refractivity contribution in [3.8, 4) is 22.3 Å². The fourth-order valence-electron chi connectivity index (χ4n) is 5.93. The fraction of sp³-hybridized carbons (Fsp3) is 0.191. The third-order valence-corrected chi connectivity index (χ3v) is 9.27. The molecule has 6 rings (SSSR count). The predicted molar refractivity (Wildman–Crippen MR) is 223 cm³/mol. The number of pyridine rings is 2. The van der Waals surface area contributed by atoms with Crippen LogP contribution >= 0.6 is 0 Å². The van der Waals surface area contributed by atoms with Crippen LogP contribution in [0.5, 0.6) is 0 Å². The summed E-state index contributed by atoms with van der Waals surface area (Å²) in [5, 5.41) is 15.0. The monoisotopic (exact) mass is 815 g/mol. The highest BCUT2D eigenvalue weighted by atomic mass is 19.4. The Balaban J connectivity index is 0.000000232. The first kappa shape index (κ1) is 44.0. The van der Waals surface area contributed by atoms with Crippen LogP contribution in [-0.4, -0.2) is 63.4 Å². The second-order valence-electron chi connectivity index (χ2n) is 14.4. The lowest BCUT2D eigenvalue weighted by atomic mass is 9.98. The van der Waals surface area contributed by atoms with E-state index in [2.05, 4.69) is 20.6 Å². The maximum Gasteiger partial charge on any atom is 0.406 e. The van der Waals surface area contributed by atoms with Crippen LogP contribution in [0.15, 0.2) is 122 Å². The van der Waals surface area contributed by atoms with Crippen molar-refractivity contribution in [3.63, 3.8) is 0 Å². The van der Waals surface area contributed by atoms with Crippen LogP contribution in [0.25, 0.3) is 22.3 Å². The average Bonchev–Trinajstić information content (AvgIpc) is 3.22. The number of hydrogen-bond acceptors (Lipinski definition) is 6. The zero-order valence-corrected chi connectivity index (χ0v) is 33.7. The SMILES string of the molecule is Cc1ccc(-c2cc(C(=O)NCc3ccc(C)nc3)cc(C(=O)N(C)CC(F)(F)F)c2)cc1.Cc1ccc(-c2cc(C(=O)O)cc(C(=O)NCc3ccc(C)nc3)c2)cc1. The van der Waals surface area contributed by atoms with Gasteiger partial charge in [-0.3, -0.25) is 24.4 Å². The number of aromatic carboxylic acids is 1. The first-order chi connectivity index (χ1) is 28.4. The van der Waals surface area contributed by atoms with Gasteiger partial charge in [-0.1, -0.05) is 71.8 Å². The molecule has 308 valence electrons. The van der Waals surface area contributed by atoms with Crippen molar-refractivity contribution in [2.45, 2.75) is 47.0 Å². The lowest BCUT2D eigenvalue weighted by Gasteiger charge is -2.20. The number of aromatic nitrogens is 2. The van der Waals surface area contributed by atoms with Crippen LogP contribution in [0.2, 0.25) is 0 Å². The van der Waals surface area contributed by atoms with Gasteiger partial charge >= 0.3 is 12.1 Å². The molecule has 60 heavy (non-hydrogen) atoms. The molecule has 4 aromatic carbocycles. The molecule has 0 bridgehead atoms. The van der Waals surface area contributed by atoms with E-state index >= 15 is 0 Å². The van der Waals surface area contributed by atoms with E-state index in [-0.39, 0.29) is 29.1 Å². The summed E-state index contributed by atoms with van der Waals surface area (Å²) < 4.78 is 38.4. The van der Waals surface area contributed by atoms with Gasteiger partial charge in [0.2, 0.25) is 0 Å². The predicted octanol–water partition coefficient (Wildman–Crippen LogP) is 8.92. The maximum absolute atomic E-state index is 12.9. The molecular formula is C47H44F3N5O5. The van der Waals surface area contributed by atoms with E-state index in [1.165, 1.54) is 18.2 Å². The number of carbonyl (C=O) groups excluding carboxylic acids is 3. The minimum Gasteiger partial charge on any atom is -0.478 e. The molecule has 3 N–H and O–H groups in total. The van der Waals surface area contributed by atoms with Crippen molar-refractivity contribution >= 4 is 23.7 Å².